The molecule has 1 aliphatic rings. The number of hydrogen-bond donors (Lipinski definition) is 2. The Kier molecular flexibility index (Phi) is 5.57. The molecule has 3 rings (SSSR count). The molecule has 2 N–H and O–H groups in total. The van der Waals surface area contributed by atoms with Crippen molar-refractivity contribution >= 4 is 33.3 Å². The monoisotopic (exact) mass is 391 g/mol. The SMILES string of the molecule is COCCCNc1ccc(NS(=O)(=O)c2ccc3c(c2)CC(=O)N3C)nn1. The summed E-state index contributed by atoms with van der Waals surface area (Å²) in [4.78, 5) is 13.3. The molecule has 0 unspecified atom stereocenters. The minimum atomic E-state index is -3.83. The fraction of sp³-hybridized carbons (Fsp3) is 0.353. The third-order valence-electron chi connectivity index (χ3n) is 4.17. The van der Waals surface area contributed by atoms with Crippen LogP contribution in [0.4, 0.5) is 17.3 Å². The van der Waals surface area contributed by atoms with Crippen LogP contribution in [0.5, 0.6) is 0 Å². The average molecular weight is 391 g/mol. The second-order valence-corrected chi connectivity index (χ2v) is 7.78. The predicted molar refractivity (Wildman–Crippen MR) is 101 cm³/mol. The molecule has 0 spiro atoms. The van der Waals surface area contributed by atoms with Crippen molar-refractivity contribution in [1.82, 2.24) is 10.2 Å². The Morgan fingerprint density at radius 2 is 1.93 bits per heavy atom. The zero-order chi connectivity index (χ0) is 19.4. The predicted octanol–water partition coefficient (Wildman–Crippen LogP) is 1.24. The summed E-state index contributed by atoms with van der Waals surface area (Å²) in [7, 11) is -0.522. The highest BCUT2D eigenvalue weighted by molar-refractivity contribution is 7.92. The Bertz CT molecular complexity index is 931. The van der Waals surface area contributed by atoms with E-state index in [1.165, 1.54) is 23.1 Å². The van der Waals surface area contributed by atoms with E-state index in [0.717, 1.165) is 12.1 Å². The first-order valence-corrected chi connectivity index (χ1v) is 9.88. The molecule has 9 nitrogen and oxygen atoms in total. The van der Waals surface area contributed by atoms with Crippen molar-refractivity contribution in [3.8, 4) is 0 Å². The third-order valence-corrected chi connectivity index (χ3v) is 5.53. The van der Waals surface area contributed by atoms with Crippen LogP contribution < -0.4 is 14.9 Å². The highest BCUT2D eigenvalue weighted by atomic mass is 32.2. The van der Waals surface area contributed by atoms with E-state index in [1.807, 2.05) is 0 Å². The van der Waals surface area contributed by atoms with Gasteiger partial charge in [0.1, 0.15) is 5.82 Å². The van der Waals surface area contributed by atoms with Crippen molar-refractivity contribution in [2.75, 3.05) is 42.2 Å². The van der Waals surface area contributed by atoms with Gasteiger partial charge in [-0.3, -0.25) is 9.52 Å². The molecule has 1 aliphatic heterocycles. The van der Waals surface area contributed by atoms with Crippen molar-refractivity contribution < 1.29 is 17.9 Å². The lowest BCUT2D eigenvalue weighted by molar-refractivity contribution is -0.117. The first-order valence-electron chi connectivity index (χ1n) is 8.39. The lowest BCUT2D eigenvalue weighted by Crippen LogP contribution is -2.20. The van der Waals surface area contributed by atoms with E-state index in [4.69, 9.17) is 4.74 Å². The number of nitrogens with one attached hydrogen (secondary N) is 2. The number of carbonyl (C=O) groups is 1. The van der Waals surface area contributed by atoms with Crippen molar-refractivity contribution in [1.29, 1.82) is 0 Å². The van der Waals surface area contributed by atoms with Gasteiger partial charge >= 0.3 is 0 Å². The molecule has 0 saturated carbocycles. The van der Waals surface area contributed by atoms with E-state index in [0.29, 0.717) is 24.5 Å². The van der Waals surface area contributed by atoms with E-state index in [-0.39, 0.29) is 23.0 Å². The van der Waals surface area contributed by atoms with Gasteiger partial charge in [0.15, 0.2) is 5.82 Å². The number of rotatable bonds is 8. The number of aromatic nitrogens is 2. The minimum absolute atomic E-state index is 0.0630. The lowest BCUT2D eigenvalue weighted by atomic mass is 10.2. The average Bonchev–Trinajstić information content (AvgIpc) is 2.93. The molecule has 0 saturated heterocycles. The fourth-order valence-corrected chi connectivity index (χ4v) is 3.77. The Balaban J connectivity index is 1.68. The van der Waals surface area contributed by atoms with Crippen molar-refractivity contribution in [2.45, 2.75) is 17.7 Å². The molecule has 0 radical (unpaired) electrons. The maximum atomic E-state index is 12.6. The summed E-state index contributed by atoms with van der Waals surface area (Å²) in [6, 6.07) is 7.79. The van der Waals surface area contributed by atoms with E-state index in [2.05, 4.69) is 20.2 Å². The molecule has 2 heterocycles. The van der Waals surface area contributed by atoms with Gasteiger partial charge in [-0.2, -0.15) is 0 Å². The second kappa shape index (κ2) is 7.89. The molecule has 1 amide bonds. The van der Waals surface area contributed by atoms with Gasteiger partial charge < -0.3 is 15.0 Å². The first-order chi connectivity index (χ1) is 12.9. The lowest BCUT2D eigenvalue weighted by Gasteiger charge is -2.11. The van der Waals surface area contributed by atoms with Gasteiger partial charge in [0, 0.05) is 33.0 Å². The Morgan fingerprint density at radius 3 is 2.63 bits per heavy atom. The number of anilines is 3. The largest absolute Gasteiger partial charge is 0.385 e. The molecule has 1 aromatic carbocycles. The van der Waals surface area contributed by atoms with Crippen molar-refractivity contribution in [3.63, 3.8) is 0 Å². The van der Waals surface area contributed by atoms with Crippen LogP contribution in [-0.4, -0.2) is 51.8 Å². The van der Waals surface area contributed by atoms with E-state index >= 15 is 0 Å². The third kappa shape index (κ3) is 4.34. The highest BCUT2D eigenvalue weighted by Gasteiger charge is 2.26. The number of nitrogens with zero attached hydrogens (tertiary/aromatic N) is 3. The van der Waals surface area contributed by atoms with E-state index in [9.17, 15) is 13.2 Å². The summed E-state index contributed by atoms with van der Waals surface area (Å²) < 4.78 is 32.5. The summed E-state index contributed by atoms with van der Waals surface area (Å²) >= 11 is 0. The van der Waals surface area contributed by atoms with Crippen LogP contribution in [-0.2, 0) is 26.0 Å². The number of amides is 1. The van der Waals surface area contributed by atoms with Crippen molar-refractivity contribution in [2.24, 2.45) is 0 Å². The number of likely N-dealkylation sites (N-methyl/N-ethyl adjacent to an activating group) is 1. The van der Waals surface area contributed by atoms with Gasteiger partial charge in [0.2, 0.25) is 5.91 Å². The van der Waals surface area contributed by atoms with Crippen LogP contribution in [0.15, 0.2) is 35.2 Å². The molecule has 0 bridgehead atoms. The normalized spacial score (nSPS) is 13.6. The Labute approximate surface area is 157 Å². The Hall–Kier alpha value is -2.72. The summed E-state index contributed by atoms with van der Waals surface area (Å²) in [5.41, 5.74) is 1.41. The van der Waals surface area contributed by atoms with E-state index in [1.54, 1.807) is 26.3 Å². The van der Waals surface area contributed by atoms with Crippen LogP contribution in [0.2, 0.25) is 0 Å². The van der Waals surface area contributed by atoms with Gasteiger partial charge in [-0.25, -0.2) is 8.42 Å². The number of sulfonamides is 1. The maximum Gasteiger partial charge on any atom is 0.263 e. The number of hydrogen-bond acceptors (Lipinski definition) is 7. The molecule has 1 aromatic heterocycles. The van der Waals surface area contributed by atoms with Crippen LogP contribution in [0.1, 0.15) is 12.0 Å². The molecule has 0 fully saturated rings. The van der Waals surface area contributed by atoms with E-state index < -0.39 is 10.0 Å². The van der Waals surface area contributed by atoms with Crippen LogP contribution in [0, 0.1) is 0 Å². The zero-order valence-electron chi connectivity index (χ0n) is 15.1. The number of methoxy groups -OCH3 is 1. The summed E-state index contributed by atoms with van der Waals surface area (Å²) in [6.07, 6.45) is 1.01. The maximum absolute atomic E-state index is 12.6. The topological polar surface area (TPSA) is 114 Å². The van der Waals surface area contributed by atoms with Gasteiger partial charge in [0.25, 0.3) is 10.0 Å². The van der Waals surface area contributed by atoms with Gasteiger partial charge in [0.05, 0.1) is 11.3 Å². The molecular formula is C17H21N5O4S. The molecule has 0 atom stereocenters. The van der Waals surface area contributed by atoms with Crippen LogP contribution >= 0.6 is 0 Å². The highest BCUT2D eigenvalue weighted by Crippen LogP contribution is 2.30. The minimum Gasteiger partial charge on any atom is -0.385 e. The Morgan fingerprint density at radius 1 is 1.19 bits per heavy atom. The number of ether oxygens (including phenoxy) is 1. The molecule has 0 aliphatic carbocycles. The van der Waals surface area contributed by atoms with Crippen molar-refractivity contribution in [3.05, 3.63) is 35.9 Å². The van der Waals surface area contributed by atoms with Gasteiger partial charge in [-0.1, -0.05) is 0 Å². The molecule has 10 heteroatoms. The smallest absolute Gasteiger partial charge is 0.263 e. The molecule has 144 valence electrons. The quantitative estimate of drug-likeness (QED) is 0.651. The second-order valence-electron chi connectivity index (χ2n) is 6.10. The number of fused-ring (bicyclic) bond motifs is 1. The summed E-state index contributed by atoms with van der Waals surface area (Å²) in [5.74, 6) is 0.603. The zero-order valence-corrected chi connectivity index (χ0v) is 15.9. The van der Waals surface area contributed by atoms with Crippen LogP contribution in [0.25, 0.3) is 0 Å². The van der Waals surface area contributed by atoms with Gasteiger partial charge in [-0.15, -0.1) is 10.2 Å². The number of benzene rings is 1. The van der Waals surface area contributed by atoms with Gasteiger partial charge in [-0.05, 0) is 42.3 Å². The molecule has 27 heavy (non-hydrogen) atoms. The fourth-order valence-electron chi connectivity index (χ4n) is 2.72. The van der Waals surface area contributed by atoms with Crippen LogP contribution in [0.3, 0.4) is 0 Å². The molecular weight excluding hydrogens is 370 g/mol. The first kappa shape index (κ1) is 19.1. The standard InChI is InChI=1S/C17H21N5O4S/c1-22-14-5-4-13(10-12(14)11-17(22)23)27(24,25)21-16-7-6-15(19-20-16)18-8-3-9-26-2/h4-7,10H,3,8-9,11H2,1-2H3,(H,18,19)(H,20,21). The molecule has 2 aromatic rings. The number of carbonyl (C=O) groups excluding carboxylic acids is 1. The summed E-state index contributed by atoms with van der Waals surface area (Å²) in [5, 5.41) is 10.9. The summed E-state index contributed by atoms with van der Waals surface area (Å²) in [6.45, 7) is 1.32.